The summed E-state index contributed by atoms with van der Waals surface area (Å²) in [5, 5.41) is 3.75. The molecule has 1 heterocycles. The van der Waals surface area contributed by atoms with Crippen LogP contribution in [0.15, 0.2) is 18.2 Å². The van der Waals surface area contributed by atoms with Crippen LogP contribution >= 0.6 is 0 Å². The van der Waals surface area contributed by atoms with E-state index in [1.165, 1.54) is 56.2 Å². The molecule has 3 aliphatic rings. The summed E-state index contributed by atoms with van der Waals surface area (Å²) < 4.78 is 6.19. The molecule has 0 aromatic heterocycles. The molecule has 0 radical (unpaired) electrons. The predicted octanol–water partition coefficient (Wildman–Crippen LogP) is 3.61. The van der Waals surface area contributed by atoms with Crippen LogP contribution in [0.3, 0.4) is 0 Å². The lowest BCUT2D eigenvalue weighted by Crippen LogP contribution is -2.43. The molecule has 1 N–H and O–H groups in total. The Kier molecular flexibility index (Phi) is 3.03. The molecule has 2 aliphatic carbocycles. The van der Waals surface area contributed by atoms with Crippen LogP contribution in [-0.4, -0.2) is 18.7 Å². The number of ether oxygens (including phenoxy) is 1. The Balaban J connectivity index is 1.39. The van der Waals surface area contributed by atoms with E-state index in [1.807, 2.05) is 0 Å². The summed E-state index contributed by atoms with van der Waals surface area (Å²) in [5.74, 6) is 1.13. The molecule has 0 spiro atoms. The summed E-state index contributed by atoms with van der Waals surface area (Å²) >= 11 is 0. The van der Waals surface area contributed by atoms with E-state index in [0.29, 0.717) is 11.5 Å². The quantitative estimate of drug-likeness (QED) is 0.883. The maximum Gasteiger partial charge on any atom is 0.123 e. The van der Waals surface area contributed by atoms with Gasteiger partial charge in [-0.05, 0) is 56.1 Å². The van der Waals surface area contributed by atoms with Crippen molar-refractivity contribution in [3.05, 3.63) is 29.3 Å². The van der Waals surface area contributed by atoms with Gasteiger partial charge >= 0.3 is 0 Å². The van der Waals surface area contributed by atoms with E-state index in [-0.39, 0.29) is 0 Å². The number of hydrogen-bond acceptors (Lipinski definition) is 2. The van der Waals surface area contributed by atoms with Crippen LogP contribution in [0.5, 0.6) is 5.75 Å². The first kappa shape index (κ1) is 12.7. The molecule has 1 aliphatic heterocycles. The van der Waals surface area contributed by atoms with Crippen LogP contribution in [0.4, 0.5) is 0 Å². The summed E-state index contributed by atoms with van der Waals surface area (Å²) in [6, 6.07) is 7.44. The molecule has 0 amide bonds. The van der Waals surface area contributed by atoms with E-state index in [0.717, 1.165) is 18.2 Å². The van der Waals surface area contributed by atoms with Crippen molar-refractivity contribution in [2.24, 2.45) is 5.41 Å². The second kappa shape index (κ2) is 4.77. The number of benzene rings is 1. The van der Waals surface area contributed by atoms with Crippen LogP contribution in [0.2, 0.25) is 0 Å². The number of aryl methyl sites for hydroxylation is 1. The molecule has 2 heteroatoms. The molecular weight excluding hydrogens is 246 g/mol. The fourth-order valence-corrected chi connectivity index (χ4v) is 3.82. The van der Waals surface area contributed by atoms with Crippen molar-refractivity contribution in [3.8, 4) is 5.75 Å². The third kappa shape index (κ3) is 2.46. The van der Waals surface area contributed by atoms with Gasteiger partial charge in [0.05, 0.1) is 0 Å². The van der Waals surface area contributed by atoms with Gasteiger partial charge in [-0.1, -0.05) is 24.1 Å². The van der Waals surface area contributed by atoms with Gasteiger partial charge in [0.15, 0.2) is 0 Å². The van der Waals surface area contributed by atoms with Gasteiger partial charge in [0, 0.05) is 19.0 Å². The highest BCUT2D eigenvalue weighted by Gasteiger charge is 2.41. The highest BCUT2D eigenvalue weighted by molar-refractivity contribution is 5.40. The van der Waals surface area contributed by atoms with E-state index in [9.17, 15) is 0 Å². The van der Waals surface area contributed by atoms with E-state index in [1.54, 1.807) is 0 Å². The maximum atomic E-state index is 6.19. The minimum atomic E-state index is 0.410. The molecule has 0 saturated heterocycles. The fraction of sp³-hybridized carbons (Fsp3) is 0.667. The molecule has 1 unspecified atom stereocenters. The standard InChI is InChI=1S/C18H25NO/c1-13-3-6-17-14(9-13)10-16(20-17)11-18(7-2-8-18)12-19-15-4-5-15/h3,6,9,15-16,19H,2,4-5,7-8,10-12H2,1H3. The van der Waals surface area contributed by atoms with Crippen LogP contribution < -0.4 is 10.1 Å². The Hall–Kier alpha value is -1.02. The van der Waals surface area contributed by atoms with Crippen molar-refractivity contribution in [3.63, 3.8) is 0 Å². The molecule has 2 saturated carbocycles. The highest BCUT2D eigenvalue weighted by Crippen LogP contribution is 2.47. The van der Waals surface area contributed by atoms with E-state index < -0.39 is 0 Å². The zero-order valence-corrected chi connectivity index (χ0v) is 12.5. The van der Waals surface area contributed by atoms with Gasteiger partial charge in [-0.3, -0.25) is 0 Å². The van der Waals surface area contributed by atoms with E-state index >= 15 is 0 Å². The summed E-state index contributed by atoms with van der Waals surface area (Å²) in [6.45, 7) is 3.38. The molecular formula is C18H25NO. The lowest BCUT2D eigenvalue weighted by atomic mass is 9.65. The maximum absolute atomic E-state index is 6.19. The molecule has 1 atom stereocenters. The first-order chi connectivity index (χ1) is 9.72. The second-order valence-electron chi connectivity index (χ2n) is 7.27. The molecule has 2 fully saturated rings. The van der Waals surface area contributed by atoms with Gasteiger partial charge in [0.1, 0.15) is 11.9 Å². The van der Waals surface area contributed by atoms with Crippen molar-refractivity contribution < 1.29 is 4.74 Å². The SMILES string of the molecule is Cc1ccc2c(c1)CC(CC1(CNC3CC3)CCC1)O2. The average Bonchev–Trinajstić information content (AvgIpc) is 3.12. The minimum Gasteiger partial charge on any atom is -0.490 e. The van der Waals surface area contributed by atoms with Crippen molar-refractivity contribution in [1.82, 2.24) is 5.32 Å². The number of hydrogen-bond donors (Lipinski definition) is 1. The van der Waals surface area contributed by atoms with Crippen LogP contribution in [0, 0.1) is 12.3 Å². The number of nitrogens with one attached hydrogen (secondary N) is 1. The highest BCUT2D eigenvalue weighted by atomic mass is 16.5. The van der Waals surface area contributed by atoms with Crippen molar-refractivity contribution in [1.29, 1.82) is 0 Å². The lowest BCUT2D eigenvalue weighted by molar-refractivity contribution is 0.0605. The Morgan fingerprint density at radius 1 is 1.30 bits per heavy atom. The zero-order valence-electron chi connectivity index (χ0n) is 12.5. The molecule has 4 rings (SSSR count). The molecule has 108 valence electrons. The Bertz CT molecular complexity index is 502. The summed E-state index contributed by atoms with van der Waals surface area (Å²) in [6.07, 6.45) is 9.73. The Labute approximate surface area is 121 Å². The van der Waals surface area contributed by atoms with Crippen LogP contribution in [-0.2, 0) is 6.42 Å². The second-order valence-corrected chi connectivity index (χ2v) is 7.27. The average molecular weight is 271 g/mol. The fourth-order valence-electron chi connectivity index (χ4n) is 3.82. The molecule has 2 nitrogen and oxygen atoms in total. The molecule has 20 heavy (non-hydrogen) atoms. The number of fused-ring (bicyclic) bond motifs is 1. The third-order valence-corrected chi connectivity index (χ3v) is 5.38. The van der Waals surface area contributed by atoms with E-state index in [2.05, 4.69) is 30.4 Å². The van der Waals surface area contributed by atoms with E-state index in [4.69, 9.17) is 4.74 Å². The first-order valence-electron chi connectivity index (χ1n) is 8.22. The summed E-state index contributed by atoms with van der Waals surface area (Å²) in [4.78, 5) is 0. The summed E-state index contributed by atoms with van der Waals surface area (Å²) in [7, 11) is 0. The van der Waals surface area contributed by atoms with Crippen molar-refractivity contribution in [2.45, 2.75) is 64.0 Å². The van der Waals surface area contributed by atoms with Gasteiger partial charge in [-0.2, -0.15) is 0 Å². The van der Waals surface area contributed by atoms with Gasteiger partial charge in [-0.15, -0.1) is 0 Å². The predicted molar refractivity (Wildman–Crippen MR) is 81.2 cm³/mol. The van der Waals surface area contributed by atoms with Gasteiger partial charge in [0.2, 0.25) is 0 Å². The largest absolute Gasteiger partial charge is 0.490 e. The summed E-state index contributed by atoms with van der Waals surface area (Å²) in [5.41, 5.74) is 3.30. The van der Waals surface area contributed by atoms with Gasteiger partial charge in [-0.25, -0.2) is 0 Å². The molecule has 1 aromatic rings. The minimum absolute atomic E-state index is 0.410. The van der Waals surface area contributed by atoms with Gasteiger partial charge < -0.3 is 10.1 Å². The van der Waals surface area contributed by atoms with Crippen molar-refractivity contribution >= 4 is 0 Å². The van der Waals surface area contributed by atoms with Crippen molar-refractivity contribution in [2.75, 3.05) is 6.54 Å². The lowest BCUT2D eigenvalue weighted by Gasteiger charge is -2.43. The first-order valence-corrected chi connectivity index (χ1v) is 8.22. The molecule has 0 bridgehead atoms. The Morgan fingerprint density at radius 3 is 2.85 bits per heavy atom. The smallest absolute Gasteiger partial charge is 0.123 e. The zero-order chi connectivity index (χ0) is 13.6. The van der Waals surface area contributed by atoms with Crippen LogP contribution in [0.1, 0.15) is 49.7 Å². The normalized spacial score (nSPS) is 26.8. The van der Waals surface area contributed by atoms with Gasteiger partial charge in [0.25, 0.3) is 0 Å². The number of rotatable bonds is 5. The third-order valence-electron chi connectivity index (χ3n) is 5.38. The monoisotopic (exact) mass is 271 g/mol. The Morgan fingerprint density at radius 2 is 2.15 bits per heavy atom. The molecule has 1 aromatic carbocycles. The topological polar surface area (TPSA) is 21.3 Å². The van der Waals surface area contributed by atoms with Crippen LogP contribution in [0.25, 0.3) is 0 Å².